The van der Waals surface area contributed by atoms with Crippen LogP contribution in [0.5, 0.6) is 5.75 Å². The number of fused-ring (bicyclic) bond motifs is 1. The second-order valence-electron chi connectivity index (χ2n) is 5.70. The van der Waals surface area contributed by atoms with Gasteiger partial charge >= 0.3 is 5.97 Å². The van der Waals surface area contributed by atoms with Crippen molar-refractivity contribution in [2.45, 2.75) is 31.3 Å². The molecule has 3 rings (SSSR count). The zero-order chi connectivity index (χ0) is 15.4. The molecule has 0 heterocycles. The monoisotopic (exact) mass is 300 g/mol. The molecule has 0 atom stereocenters. The highest BCUT2D eigenvalue weighted by atomic mass is 16.6. The van der Waals surface area contributed by atoms with Crippen molar-refractivity contribution < 1.29 is 19.4 Å². The number of benzene rings is 2. The van der Waals surface area contributed by atoms with Gasteiger partial charge in [0.25, 0.3) is 0 Å². The fourth-order valence-electron chi connectivity index (χ4n) is 2.91. The number of rotatable bonds is 5. The highest BCUT2D eigenvalue weighted by Crippen LogP contribution is 2.30. The Morgan fingerprint density at radius 3 is 2.59 bits per heavy atom. The topological polar surface area (TPSA) is 55.8 Å². The van der Waals surface area contributed by atoms with Crippen molar-refractivity contribution in [2.24, 2.45) is 0 Å². The van der Waals surface area contributed by atoms with Crippen LogP contribution >= 0.6 is 0 Å². The summed E-state index contributed by atoms with van der Waals surface area (Å²) in [5.41, 5.74) is -1.28. The first-order chi connectivity index (χ1) is 10.7. The van der Waals surface area contributed by atoms with Crippen molar-refractivity contribution in [3.63, 3.8) is 0 Å². The molecule has 0 unspecified atom stereocenters. The minimum Gasteiger partial charge on any atom is -0.489 e. The van der Waals surface area contributed by atoms with Crippen LogP contribution in [-0.2, 0) is 9.53 Å². The van der Waals surface area contributed by atoms with Crippen LogP contribution in [0.4, 0.5) is 0 Å². The maximum absolute atomic E-state index is 11.9. The predicted molar refractivity (Wildman–Crippen MR) is 83.8 cm³/mol. The number of carbonyl (C=O) groups is 1. The highest BCUT2D eigenvalue weighted by molar-refractivity contribution is 5.88. The van der Waals surface area contributed by atoms with E-state index < -0.39 is 11.6 Å². The first kappa shape index (κ1) is 14.9. The molecular formula is C18H20O4. The van der Waals surface area contributed by atoms with Crippen molar-refractivity contribution in [2.75, 3.05) is 13.2 Å². The molecule has 4 heteroatoms. The molecule has 1 N–H and O–H groups in total. The number of aliphatic hydroxyl groups is 1. The van der Waals surface area contributed by atoms with Crippen LogP contribution < -0.4 is 4.74 Å². The van der Waals surface area contributed by atoms with Gasteiger partial charge in [-0.3, -0.25) is 0 Å². The summed E-state index contributed by atoms with van der Waals surface area (Å²) in [5.74, 6) is 0.250. The number of esters is 1. The molecule has 1 fully saturated rings. The summed E-state index contributed by atoms with van der Waals surface area (Å²) < 4.78 is 10.9. The lowest BCUT2D eigenvalue weighted by molar-refractivity contribution is -0.165. The predicted octanol–water partition coefficient (Wildman–Crippen LogP) is 3.07. The Kier molecular flexibility index (Phi) is 4.29. The van der Waals surface area contributed by atoms with Gasteiger partial charge in [-0.25, -0.2) is 4.79 Å². The molecule has 0 bridgehead atoms. The van der Waals surface area contributed by atoms with Gasteiger partial charge in [0.05, 0.1) is 0 Å². The van der Waals surface area contributed by atoms with Crippen molar-refractivity contribution >= 4 is 16.7 Å². The molecule has 0 saturated heterocycles. The summed E-state index contributed by atoms with van der Waals surface area (Å²) in [6.07, 6.45) is 2.74. The Morgan fingerprint density at radius 1 is 1.05 bits per heavy atom. The van der Waals surface area contributed by atoms with Crippen LogP contribution in [0.3, 0.4) is 0 Å². The van der Waals surface area contributed by atoms with E-state index in [2.05, 4.69) is 0 Å². The summed E-state index contributed by atoms with van der Waals surface area (Å²) in [4.78, 5) is 11.9. The molecular weight excluding hydrogens is 280 g/mol. The Morgan fingerprint density at radius 2 is 1.77 bits per heavy atom. The van der Waals surface area contributed by atoms with Crippen LogP contribution in [0.1, 0.15) is 25.7 Å². The number of ether oxygens (including phenoxy) is 2. The van der Waals surface area contributed by atoms with Gasteiger partial charge < -0.3 is 14.6 Å². The second kappa shape index (κ2) is 6.36. The zero-order valence-corrected chi connectivity index (χ0v) is 12.5. The van der Waals surface area contributed by atoms with Crippen molar-refractivity contribution in [3.8, 4) is 5.75 Å². The van der Waals surface area contributed by atoms with E-state index in [0.29, 0.717) is 12.8 Å². The molecule has 116 valence electrons. The van der Waals surface area contributed by atoms with E-state index in [4.69, 9.17) is 9.47 Å². The van der Waals surface area contributed by atoms with Crippen molar-refractivity contribution in [1.29, 1.82) is 0 Å². The molecule has 2 aromatic rings. The maximum atomic E-state index is 11.9. The Labute approximate surface area is 129 Å². The summed E-state index contributed by atoms with van der Waals surface area (Å²) in [6, 6.07) is 13.8. The van der Waals surface area contributed by atoms with E-state index in [1.807, 2.05) is 42.5 Å². The van der Waals surface area contributed by atoms with Crippen LogP contribution in [0.15, 0.2) is 42.5 Å². The Hall–Kier alpha value is -2.07. The fourth-order valence-corrected chi connectivity index (χ4v) is 2.91. The quantitative estimate of drug-likeness (QED) is 0.681. The molecule has 0 radical (unpaired) electrons. The summed E-state index contributed by atoms with van der Waals surface area (Å²) in [6.45, 7) is 0.417. The Bertz CT molecular complexity index is 654. The normalized spacial score (nSPS) is 16.6. The zero-order valence-electron chi connectivity index (χ0n) is 12.5. The number of hydrogen-bond acceptors (Lipinski definition) is 4. The lowest BCUT2D eigenvalue weighted by atomic mass is 10.0. The van der Waals surface area contributed by atoms with E-state index in [9.17, 15) is 9.90 Å². The fraction of sp³-hybridized carbons (Fsp3) is 0.389. The standard InChI is InChI=1S/C18H20O4/c19-17(18(20)10-3-4-11-18)22-13-12-21-16-9-5-7-14-6-1-2-8-15(14)16/h1-2,5-9,20H,3-4,10-13H2. The second-order valence-corrected chi connectivity index (χ2v) is 5.70. The molecule has 0 spiro atoms. The average Bonchev–Trinajstić information content (AvgIpc) is 2.99. The molecule has 0 aliphatic heterocycles. The molecule has 22 heavy (non-hydrogen) atoms. The molecule has 1 aliphatic rings. The maximum Gasteiger partial charge on any atom is 0.338 e. The van der Waals surface area contributed by atoms with Gasteiger partial charge in [0.1, 0.15) is 19.0 Å². The third-order valence-electron chi connectivity index (χ3n) is 4.13. The molecule has 4 nitrogen and oxygen atoms in total. The minimum atomic E-state index is -1.28. The SMILES string of the molecule is O=C(OCCOc1cccc2ccccc12)C1(O)CCCC1. The van der Waals surface area contributed by atoms with E-state index in [-0.39, 0.29) is 13.2 Å². The first-order valence-electron chi connectivity index (χ1n) is 7.69. The van der Waals surface area contributed by atoms with Crippen molar-refractivity contribution in [3.05, 3.63) is 42.5 Å². The van der Waals surface area contributed by atoms with Crippen molar-refractivity contribution in [1.82, 2.24) is 0 Å². The molecule has 0 amide bonds. The summed E-state index contributed by atoms with van der Waals surface area (Å²) in [5, 5.41) is 12.2. The molecule has 0 aromatic heterocycles. The summed E-state index contributed by atoms with van der Waals surface area (Å²) in [7, 11) is 0. The van der Waals surface area contributed by atoms with Crippen LogP contribution in [-0.4, -0.2) is 29.9 Å². The van der Waals surface area contributed by atoms with Gasteiger partial charge in [-0.05, 0) is 37.1 Å². The van der Waals surface area contributed by atoms with Crippen LogP contribution in [0.25, 0.3) is 10.8 Å². The van der Waals surface area contributed by atoms with E-state index in [1.165, 1.54) is 0 Å². The van der Waals surface area contributed by atoms with Gasteiger partial charge in [0.2, 0.25) is 0 Å². The third kappa shape index (κ3) is 3.07. The average molecular weight is 300 g/mol. The van der Waals surface area contributed by atoms with Gasteiger partial charge in [0, 0.05) is 5.39 Å². The van der Waals surface area contributed by atoms with Gasteiger partial charge in [-0.15, -0.1) is 0 Å². The third-order valence-corrected chi connectivity index (χ3v) is 4.13. The molecule has 2 aromatic carbocycles. The lowest BCUT2D eigenvalue weighted by Crippen LogP contribution is -2.37. The summed E-state index contributed by atoms with van der Waals surface area (Å²) >= 11 is 0. The largest absolute Gasteiger partial charge is 0.489 e. The van der Waals surface area contributed by atoms with Crippen LogP contribution in [0, 0.1) is 0 Å². The van der Waals surface area contributed by atoms with Gasteiger partial charge in [-0.1, -0.05) is 36.4 Å². The van der Waals surface area contributed by atoms with Gasteiger partial charge in [-0.2, -0.15) is 0 Å². The van der Waals surface area contributed by atoms with E-state index in [1.54, 1.807) is 0 Å². The van der Waals surface area contributed by atoms with E-state index >= 15 is 0 Å². The van der Waals surface area contributed by atoms with Gasteiger partial charge in [0.15, 0.2) is 5.60 Å². The first-order valence-corrected chi connectivity index (χ1v) is 7.69. The van der Waals surface area contributed by atoms with Crippen LogP contribution in [0.2, 0.25) is 0 Å². The van der Waals surface area contributed by atoms with E-state index in [0.717, 1.165) is 29.4 Å². The highest BCUT2D eigenvalue weighted by Gasteiger charge is 2.40. The number of hydrogen-bond donors (Lipinski definition) is 1. The smallest absolute Gasteiger partial charge is 0.338 e. The number of carbonyl (C=O) groups excluding carboxylic acids is 1. The lowest BCUT2D eigenvalue weighted by Gasteiger charge is -2.19. The minimum absolute atomic E-state index is 0.143. The Balaban J connectivity index is 1.53. The molecule has 1 saturated carbocycles. The molecule has 1 aliphatic carbocycles.